The Morgan fingerprint density at radius 2 is 2.15 bits per heavy atom. The number of nitrogens with zero attached hydrogens (tertiary/aromatic N) is 3. The highest BCUT2D eigenvalue weighted by atomic mass is 15.3. The van der Waals surface area contributed by atoms with Crippen LogP contribution in [0.3, 0.4) is 0 Å². The number of hydrogen-bond donors (Lipinski definition) is 1. The van der Waals surface area contributed by atoms with Gasteiger partial charge in [0.25, 0.3) is 0 Å². The number of rotatable bonds is 5. The van der Waals surface area contributed by atoms with Gasteiger partial charge < -0.3 is 9.88 Å². The van der Waals surface area contributed by atoms with Gasteiger partial charge in [0.1, 0.15) is 5.82 Å². The van der Waals surface area contributed by atoms with Crippen molar-refractivity contribution in [2.75, 3.05) is 19.6 Å². The van der Waals surface area contributed by atoms with Gasteiger partial charge in [-0.25, -0.2) is 4.98 Å². The van der Waals surface area contributed by atoms with Crippen LogP contribution >= 0.6 is 0 Å². The highest BCUT2D eigenvalue weighted by Crippen LogP contribution is 2.34. The van der Waals surface area contributed by atoms with Crippen molar-refractivity contribution < 1.29 is 0 Å². The van der Waals surface area contributed by atoms with Gasteiger partial charge in [-0.15, -0.1) is 0 Å². The molecule has 4 heteroatoms. The Labute approximate surface area is 122 Å². The predicted molar refractivity (Wildman–Crippen MR) is 81.7 cm³/mol. The second-order valence-corrected chi connectivity index (χ2v) is 6.83. The summed E-state index contributed by atoms with van der Waals surface area (Å²) >= 11 is 0. The zero-order valence-corrected chi connectivity index (χ0v) is 13.0. The van der Waals surface area contributed by atoms with E-state index in [1.54, 1.807) is 0 Å². The number of imidazole rings is 1. The zero-order chi connectivity index (χ0) is 14.1. The third-order valence-corrected chi connectivity index (χ3v) is 5.00. The summed E-state index contributed by atoms with van der Waals surface area (Å²) in [7, 11) is 0. The molecule has 0 amide bonds. The summed E-state index contributed by atoms with van der Waals surface area (Å²) in [5.74, 6) is 2.78. The fourth-order valence-corrected chi connectivity index (χ4v) is 3.46. The SMILES string of the molecule is Cc1nccn1CCN1CC(C2CC2)NCC1C(C)C. The van der Waals surface area contributed by atoms with Crippen LogP contribution in [0.15, 0.2) is 12.4 Å². The minimum Gasteiger partial charge on any atom is -0.334 e. The van der Waals surface area contributed by atoms with E-state index in [1.807, 2.05) is 6.20 Å². The standard InChI is InChI=1S/C16H28N4/c1-12(2)16-10-18-15(14-4-5-14)11-20(16)9-8-19-7-6-17-13(19)3/h6-7,12,14-16,18H,4-5,8-11H2,1-3H3. The van der Waals surface area contributed by atoms with Crippen molar-refractivity contribution in [3.05, 3.63) is 18.2 Å². The van der Waals surface area contributed by atoms with Gasteiger partial charge in [-0.1, -0.05) is 13.8 Å². The summed E-state index contributed by atoms with van der Waals surface area (Å²) in [6.07, 6.45) is 6.86. The molecule has 1 N–H and O–H groups in total. The maximum atomic E-state index is 4.32. The molecule has 4 nitrogen and oxygen atoms in total. The summed E-state index contributed by atoms with van der Waals surface area (Å²) < 4.78 is 2.27. The lowest BCUT2D eigenvalue weighted by molar-refractivity contribution is 0.0885. The first-order valence-electron chi connectivity index (χ1n) is 8.10. The van der Waals surface area contributed by atoms with Crippen molar-refractivity contribution in [2.45, 2.75) is 52.2 Å². The van der Waals surface area contributed by atoms with Gasteiger partial charge in [0.15, 0.2) is 0 Å². The van der Waals surface area contributed by atoms with Gasteiger partial charge in [-0.2, -0.15) is 0 Å². The smallest absolute Gasteiger partial charge is 0.105 e. The molecule has 20 heavy (non-hydrogen) atoms. The summed E-state index contributed by atoms with van der Waals surface area (Å²) in [5, 5.41) is 3.79. The Balaban J connectivity index is 1.61. The second-order valence-electron chi connectivity index (χ2n) is 6.83. The van der Waals surface area contributed by atoms with Crippen LogP contribution in [0.2, 0.25) is 0 Å². The lowest BCUT2D eigenvalue weighted by Gasteiger charge is -2.42. The van der Waals surface area contributed by atoms with Crippen molar-refractivity contribution in [1.29, 1.82) is 0 Å². The molecule has 1 aliphatic carbocycles. The van der Waals surface area contributed by atoms with E-state index in [0.717, 1.165) is 37.4 Å². The van der Waals surface area contributed by atoms with Crippen molar-refractivity contribution in [3.63, 3.8) is 0 Å². The fraction of sp³-hybridized carbons (Fsp3) is 0.812. The van der Waals surface area contributed by atoms with E-state index < -0.39 is 0 Å². The van der Waals surface area contributed by atoms with Crippen molar-refractivity contribution in [3.8, 4) is 0 Å². The average molecular weight is 276 g/mol. The first-order chi connectivity index (χ1) is 9.65. The van der Waals surface area contributed by atoms with E-state index in [1.165, 1.54) is 19.4 Å². The molecule has 1 aromatic rings. The van der Waals surface area contributed by atoms with Crippen LogP contribution in [0, 0.1) is 18.8 Å². The maximum absolute atomic E-state index is 4.32. The molecular weight excluding hydrogens is 248 g/mol. The number of nitrogens with one attached hydrogen (secondary N) is 1. The molecule has 2 atom stereocenters. The first-order valence-corrected chi connectivity index (χ1v) is 8.10. The Morgan fingerprint density at radius 3 is 2.75 bits per heavy atom. The predicted octanol–water partition coefficient (Wildman–Crippen LogP) is 1.90. The van der Waals surface area contributed by atoms with E-state index in [-0.39, 0.29) is 0 Å². The number of aryl methyl sites for hydroxylation is 1. The van der Waals surface area contributed by atoms with Crippen LogP contribution in [-0.4, -0.2) is 46.2 Å². The molecule has 0 spiro atoms. The molecule has 2 unspecified atom stereocenters. The van der Waals surface area contributed by atoms with Gasteiger partial charge in [0, 0.05) is 50.7 Å². The van der Waals surface area contributed by atoms with Gasteiger partial charge in [-0.05, 0) is 31.6 Å². The summed E-state index contributed by atoms with van der Waals surface area (Å²) in [5.41, 5.74) is 0. The minimum absolute atomic E-state index is 0.675. The van der Waals surface area contributed by atoms with Gasteiger partial charge in [-0.3, -0.25) is 4.90 Å². The van der Waals surface area contributed by atoms with E-state index in [4.69, 9.17) is 0 Å². The molecule has 1 aliphatic heterocycles. The van der Waals surface area contributed by atoms with Crippen molar-refractivity contribution in [1.82, 2.24) is 19.8 Å². The molecule has 1 saturated heterocycles. The van der Waals surface area contributed by atoms with Crippen molar-refractivity contribution >= 4 is 0 Å². The monoisotopic (exact) mass is 276 g/mol. The molecular formula is C16H28N4. The molecule has 2 fully saturated rings. The third-order valence-electron chi connectivity index (χ3n) is 5.00. The number of aromatic nitrogens is 2. The molecule has 1 aromatic heterocycles. The molecule has 0 aromatic carbocycles. The second kappa shape index (κ2) is 5.86. The van der Waals surface area contributed by atoms with Crippen LogP contribution in [0.5, 0.6) is 0 Å². The Hall–Kier alpha value is -0.870. The molecule has 0 radical (unpaired) electrons. The fourth-order valence-electron chi connectivity index (χ4n) is 3.46. The van der Waals surface area contributed by atoms with E-state index in [2.05, 4.69) is 46.7 Å². The van der Waals surface area contributed by atoms with Crippen molar-refractivity contribution in [2.24, 2.45) is 11.8 Å². The van der Waals surface area contributed by atoms with Crippen LogP contribution in [0.25, 0.3) is 0 Å². The Morgan fingerprint density at radius 1 is 1.35 bits per heavy atom. The topological polar surface area (TPSA) is 33.1 Å². The van der Waals surface area contributed by atoms with Crippen LogP contribution in [0.1, 0.15) is 32.5 Å². The first kappa shape index (κ1) is 14.1. The Kier molecular flexibility index (Phi) is 4.13. The van der Waals surface area contributed by atoms with Crippen LogP contribution in [-0.2, 0) is 6.54 Å². The molecule has 2 heterocycles. The number of hydrogen-bond acceptors (Lipinski definition) is 3. The molecule has 112 valence electrons. The summed E-state index contributed by atoms with van der Waals surface area (Å²) in [6, 6.07) is 1.41. The summed E-state index contributed by atoms with van der Waals surface area (Å²) in [6.45, 7) is 11.4. The third kappa shape index (κ3) is 3.07. The summed E-state index contributed by atoms with van der Waals surface area (Å²) in [4.78, 5) is 7.03. The minimum atomic E-state index is 0.675. The molecule has 3 rings (SSSR count). The van der Waals surface area contributed by atoms with E-state index >= 15 is 0 Å². The normalized spacial score (nSPS) is 28.2. The zero-order valence-electron chi connectivity index (χ0n) is 13.0. The number of piperazine rings is 1. The highest BCUT2D eigenvalue weighted by Gasteiger charge is 2.37. The van der Waals surface area contributed by atoms with Gasteiger partial charge in [0.2, 0.25) is 0 Å². The van der Waals surface area contributed by atoms with Gasteiger partial charge in [0.05, 0.1) is 0 Å². The molecule has 0 bridgehead atoms. The molecule has 2 aliphatic rings. The highest BCUT2D eigenvalue weighted by molar-refractivity contribution is 4.96. The van der Waals surface area contributed by atoms with E-state index in [0.29, 0.717) is 12.0 Å². The quantitative estimate of drug-likeness (QED) is 0.891. The lowest BCUT2D eigenvalue weighted by Crippen LogP contribution is -2.59. The maximum Gasteiger partial charge on any atom is 0.105 e. The van der Waals surface area contributed by atoms with Crippen LogP contribution in [0.4, 0.5) is 0 Å². The van der Waals surface area contributed by atoms with Gasteiger partial charge >= 0.3 is 0 Å². The molecule has 1 saturated carbocycles. The van der Waals surface area contributed by atoms with Crippen LogP contribution < -0.4 is 5.32 Å². The largest absolute Gasteiger partial charge is 0.334 e. The average Bonchev–Trinajstić information content (AvgIpc) is 3.20. The lowest BCUT2D eigenvalue weighted by atomic mass is 9.97. The van der Waals surface area contributed by atoms with E-state index in [9.17, 15) is 0 Å². The Bertz CT molecular complexity index is 435.